The SMILES string of the molecule is O=S(O)Cc1ncon1. The van der Waals surface area contributed by atoms with Gasteiger partial charge in [-0.05, 0) is 0 Å². The van der Waals surface area contributed by atoms with Gasteiger partial charge in [0, 0.05) is 0 Å². The molecule has 1 aromatic rings. The Labute approximate surface area is 53.4 Å². The summed E-state index contributed by atoms with van der Waals surface area (Å²) in [5, 5.41) is 3.32. The summed E-state index contributed by atoms with van der Waals surface area (Å²) in [6, 6.07) is 0. The van der Waals surface area contributed by atoms with E-state index in [2.05, 4.69) is 14.7 Å². The molecule has 1 heterocycles. The summed E-state index contributed by atoms with van der Waals surface area (Å²) in [6.07, 6.45) is 1.11. The normalized spacial score (nSPS) is 13.4. The fourth-order valence-corrected chi connectivity index (χ4v) is 0.715. The summed E-state index contributed by atoms with van der Waals surface area (Å²) < 4.78 is 22.6. The van der Waals surface area contributed by atoms with Gasteiger partial charge in [0.25, 0.3) is 0 Å². The van der Waals surface area contributed by atoms with E-state index in [0.29, 0.717) is 0 Å². The van der Waals surface area contributed by atoms with Crippen LogP contribution in [0.3, 0.4) is 0 Å². The molecule has 1 N–H and O–H groups in total. The van der Waals surface area contributed by atoms with Crippen molar-refractivity contribution in [1.82, 2.24) is 10.1 Å². The first-order valence-electron chi connectivity index (χ1n) is 2.12. The zero-order valence-corrected chi connectivity index (χ0v) is 5.17. The van der Waals surface area contributed by atoms with Crippen LogP contribution in [0.25, 0.3) is 0 Å². The molecule has 0 fully saturated rings. The van der Waals surface area contributed by atoms with Gasteiger partial charge in [0.2, 0.25) is 6.39 Å². The Morgan fingerprint density at radius 2 is 2.67 bits per heavy atom. The third kappa shape index (κ3) is 1.90. The Kier molecular flexibility index (Phi) is 1.91. The van der Waals surface area contributed by atoms with E-state index in [9.17, 15) is 4.21 Å². The Balaban J connectivity index is 2.58. The Hall–Kier alpha value is -0.750. The molecule has 6 heteroatoms. The molecule has 0 aliphatic heterocycles. The maximum absolute atomic E-state index is 10.1. The van der Waals surface area contributed by atoms with E-state index < -0.39 is 11.1 Å². The first-order chi connectivity index (χ1) is 4.29. The van der Waals surface area contributed by atoms with Crippen LogP contribution in [0.5, 0.6) is 0 Å². The molecule has 0 radical (unpaired) electrons. The largest absolute Gasteiger partial charge is 0.343 e. The van der Waals surface area contributed by atoms with Crippen LogP contribution in [0.15, 0.2) is 10.9 Å². The maximum Gasteiger partial charge on any atom is 0.213 e. The smallest absolute Gasteiger partial charge is 0.213 e. The van der Waals surface area contributed by atoms with E-state index in [4.69, 9.17) is 4.55 Å². The van der Waals surface area contributed by atoms with Gasteiger partial charge in [-0.1, -0.05) is 5.16 Å². The van der Waals surface area contributed by atoms with Crippen molar-refractivity contribution in [3.8, 4) is 0 Å². The van der Waals surface area contributed by atoms with Gasteiger partial charge in [0.1, 0.15) is 5.75 Å². The molecule has 0 amide bonds. The summed E-state index contributed by atoms with van der Waals surface area (Å²) in [4.78, 5) is 3.53. The minimum absolute atomic E-state index is 0.0729. The average molecular weight is 148 g/mol. The van der Waals surface area contributed by atoms with Crippen LogP contribution in [-0.4, -0.2) is 18.9 Å². The molecule has 0 bridgehead atoms. The van der Waals surface area contributed by atoms with E-state index in [1.54, 1.807) is 0 Å². The second kappa shape index (κ2) is 2.70. The topological polar surface area (TPSA) is 76.2 Å². The van der Waals surface area contributed by atoms with Crippen molar-refractivity contribution in [3.05, 3.63) is 12.2 Å². The van der Waals surface area contributed by atoms with Crippen LogP contribution >= 0.6 is 0 Å². The van der Waals surface area contributed by atoms with E-state index in [-0.39, 0.29) is 11.6 Å². The molecule has 5 nitrogen and oxygen atoms in total. The van der Waals surface area contributed by atoms with Crippen molar-refractivity contribution < 1.29 is 13.3 Å². The van der Waals surface area contributed by atoms with Gasteiger partial charge in [0.15, 0.2) is 16.9 Å². The lowest BCUT2D eigenvalue weighted by molar-refractivity contribution is 0.411. The summed E-state index contributed by atoms with van der Waals surface area (Å²) in [5.74, 6) is 0.173. The highest BCUT2D eigenvalue weighted by molar-refractivity contribution is 7.78. The Bertz CT molecular complexity index is 197. The van der Waals surface area contributed by atoms with Gasteiger partial charge in [0.05, 0.1) is 0 Å². The van der Waals surface area contributed by atoms with Crippen LogP contribution in [0.1, 0.15) is 5.82 Å². The van der Waals surface area contributed by atoms with Gasteiger partial charge in [-0.3, -0.25) is 0 Å². The quantitative estimate of drug-likeness (QED) is 0.587. The zero-order valence-electron chi connectivity index (χ0n) is 4.35. The number of rotatable bonds is 2. The van der Waals surface area contributed by atoms with Gasteiger partial charge >= 0.3 is 0 Å². The monoisotopic (exact) mass is 148 g/mol. The molecular formula is C3H4N2O3S. The maximum atomic E-state index is 10.1. The molecule has 0 aliphatic rings. The van der Waals surface area contributed by atoms with Crippen LogP contribution < -0.4 is 0 Å². The fourth-order valence-electron chi connectivity index (χ4n) is 0.366. The second-order valence-electron chi connectivity index (χ2n) is 1.31. The minimum Gasteiger partial charge on any atom is -0.343 e. The number of hydrogen-bond donors (Lipinski definition) is 1. The van der Waals surface area contributed by atoms with Gasteiger partial charge in [-0.2, -0.15) is 4.98 Å². The van der Waals surface area contributed by atoms with Crippen molar-refractivity contribution in [3.63, 3.8) is 0 Å². The highest BCUT2D eigenvalue weighted by atomic mass is 32.2. The molecule has 0 aliphatic carbocycles. The van der Waals surface area contributed by atoms with Crippen LogP contribution in [0.2, 0.25) is 0 Å². The van der Waals surface area contributed by atoms with Crippen molar-refractivity contribution >= 4 is 11.1 Å². The average Bonchev–Trinajstić information content (AvgIpc) is 2.15. The minimum atomic E-state index is -1.88. The van der Waals surface area contributed by atoms with Crippen molar-refractivity contribution in [2.45, 2.75) is 5.75 Å². The Morgan fingerprint density at radius 3 is 3.11 bits per heavy atom. The predicted octanol–water partition coefficient (Wildman–Crippen LogP) is -0.209. The van der Waals surface area contributed by atoms with Crippen molar-refractivity contribution in [1.29, 1.82) is 0 Å². The molecule has 0 saturated carbocycles. The van der Waals surface area contributed by atoms with E-state index >= 15 is 0 Å². The molecule has 9 heavy (non-hydrogen) atoms. The Morgan fingerprint density at radius 1 is 1.89 bits per heavy atom. The molecule has 1 unspecified atom stereocenters. The second-order valence-corrected chi connectivity index (χ2v) is 2.24. The number of hydrogen-bond acceptors (Lipinski definition) is 4. The number of aromatic nitrogens is 2. The molecule has 0 saturated heterocycles. The lowest BCUT2D eigenvalue weighted by atomic mass is 10.7. The predicted molar refractivity (Wildman–Crippen MR) is 28.8 cm³/mol. The van der Waals surface area contributed by atoms with Gasteiger partial charge in [-0.15, -0.1) is 0 Å². The molecule has 0 aromatic carbocycles. The molecular weight excluding hydrogens is 144 g/mol. The third-order valence-corrected chi connectivity index (χ3v) is 1.16. The van der Waals surface area contributed by atoms with E-state index in [0.717, 1.165) is 6.39 Å². The van der Waals surface area contributed by atoms with E-state index in [1.165, 1.54) is 0 Å². The molecule has 1 aromatic heterocycles. The van der Waals surface area contributed by atoms with Crippen LogP contribution in [0, 0.1) is 0 Å². The highest BCUT2D eigenvalue weighted by Crippen LogP contribution is 1.91. The fraction of sp³-hybridized carbons (Fsp3) is 0.333. The standard InChI is InChI=1S/C3H4N2O3S/c6-9(7)1-3-4-2-8-5-3/h2H,1H2,(H,6,7). The van der Waals surface area contributed by atoms with Gasteiger partial charge < -0.3 is 9.08 Å². The third-order valence-electron chi connectivity index (χ3n) is 0.660. The van der Waals surface area contributed by atoms with Crippen LogP contribution in [-0.2, 0) is 16.8 Å². The highest BCUT2D eigenvalue weighted by Gasteiger charge is 2.00. The zero-order chi connectivity index (χ0) is 6.69. The van der Waals surface area contributed by atoms with Gasteiger partial charge in [-0.25, -0.2) is 4.21 Å². The van der Waals surface area contributed by atoms with Crippen molar-refractivity contribution in [2.75, 3.05) is 0 Å². The summed E-state index contributed by atoms with van der Waals surface area (Å²) in [5.41, 5.74) is 0. The summed E-state index contributed by atoms with van der Waals surface area (Å²) in [7, 11) is 0. The van der Waals surface area contributed by atoms with Crippen LogP contribution in [0.4, 0.5) is 0 Å². The first-order valence-corrected chi connectivity index (χ1v) is 3.39. The van der Waals surface area contributed by atoms with Crippen molar-refractivity contribution in [2.24, 2.45) is 0 Å². The summed E-state index contributed by atoms with van der Waals surface area (Å²) >= 11 is -1.88. The lowest BCUT2D eigenvalue weighted by Gasteiger charge is -1.82. The molecule has 50 valence electrons. The first kappa shape index (κ1) is 6.37. The van der Waals surface area contributed by atoms with E-state index in [1.807, 2.05) is 0 Å². The number of nitrogens with zero attached hydrogens (tertiary/aromatic N) is 2. The molecule has 0 spiro atoms. The molecule has 1 rings (SSSR count). The summed E-state index contributed by atoms with van der Waals surface area (Å²) in [6.45, 7) is 0. The lowest BCUT2D eigenvalue weighted by Crippen LogP contribution is -1.94. The molecule has 1 atom stereocenters.